The number of Topliss-reactive ketones (excluding diaryl/α,β-unsaturated/α-hetero) is 2. The summed E-state index contributed by atoms with van der Waals surface area (Å²) < 4.78 is 0. The van der Waals surface area contributed by atoms with Crippen LogP contribution in [0.5, 0.6) is 0 Å². The Balaban J connectivity index is 1.52. The number of rotatable bonds is 5. The molecule has 0 unspecified atom stereocenters. The second-order valence-corrected chi connectivity index (χ2v) is 11.6. The van der Waals surface area contributed by atoms with Crippen LogP contribution in [0, 0.1) is 16.0 Å². The number of nitro benzene ring substituents is 1. The highest BCUT2D eigenvalue weighted by atomic mass is 35.5. The molecular formula is C33H21Cl2N3O5. The number of para-hydroxylation sites is 2. The van der Waals surface area contributed by atoms with Crippen LogP contribution in [-0.4, -0.2) is 34.5 Å². The summed E-state index contributed by atoms with van der Waals surface area (Å²) in [6.07, 6.45) is 3.78. The summed E-state index contributed by atoms with van der Waals surface area (Å²) in [4.78, 5) is 56.5. The third-order valence-corrected chi connectivity index (χ3v) is 9.20. The minimum atomic E-state index is -1.51. The Labute approximate surface area is 255 Å². The van der Waals surface area contributed by atoms with Crippen molar-refractivity contribution in [2.75, 3.05) is 10.2 Å². The van der Waals surface area contributed by atoms with Crippen molar-refractivity contribution in [2.24, 2.45) is 5.92 Å². The van der Waals surface area contributed by atoms with E-state index in [4.69, 9.17) is 23.2 Å². The van der Waals surface area contributed by atoms with Gasteiger partial charge in [0.1, 0.15) is 11.5 Å². The molecule has 7 rings (SSSR count). The van der Waals surface area contributed by atoms with E-state index in [0.29, 0.717) is 22.0 Å². The quantitative estimate of drug-likeness (QED) is 0.152. The van der Waals surface area contributed by atoms with Crippen LogP contribution in [0.15, 0.2) is 97.1 Å². The van der Waals surface area contributed by atoms with E-state index in [1.54, 1.807) is 24.3 Å². The highest BCUT2D eigenvalue weighted by molar-refractivity contribution is 6.37. The van der Waals surface area contributed by atoms with Gasteiger partial charge in [-0.3, -0.25) is 24.5 Å². The second-order valence-electron chi connectivity index (χ2n) is 10.7. The minimum absolute atomic E-state index is 0.0988. The number of non-ortho nitro benzene ring substituents is 1. The predicted molar refractivity (Wildman–Crippen MR) is 164 cm³/mol. The molecule has 3 heterocycles. The SMILES string of the molecule is O=C(c1ccc([N+](=O)[O-])cc1)[C@@H]1[C@H](C(=O)c2ccc(Cl)cc2Cl)[C@@]2(C(=O)Nc3ccccc32)[C@H]2C=Cc3ccccc3N12. The standard InChI is InChI=1S/C33H21Cl2N3O5/c34-20-12-15-22(24(35)17-20)31(40)28-29(30(39)19-9-13-21(14-10-19)38(42)43)37-26-8-4-1-5-18(26)11-16-27(37)33(28)23-6-2-3-7-25(23)36-32(33)41/h1-17,27-29H,(H,36,41)/t27-,28-,29+,33+/m1/s1. The summed E-state index contributed by atoms with van der Waals surface area (Å²) in [5.41, 5.74) is 1.28. The van der Waals surface area contributed by atoms with Gasteiger partial charge in [0.15, 0.2) is 11.6 Å². The highest BCUT2D eigenvalue weighted by Gasteiger charge is 2.70. The van der Waals surface area contributed by atoms with Gasteiger partial charge in [-0.15, -0.1) is 0 Å². The molecule has 8 nitrogen and oxygen atoms in total. The summed E-state index contributed by atoms with van der Waals surface area (Å²) in [5.74, 6) is -2.59. The molecule has 0 saturated carbocycles. The van der Waals surface area contributed by atoms with Crippen LogP contribution in [0.2, 0.25) is 10.0 Å². The van der Waals surface area contributed by atoms with Gasteiger partial charge in [-0.05, 0) is 53.6 Å². The van der Waals surface area contributed by atoms with Crippen LogP contribution >= 0.6 is 23.2 Å². The normalized spacial score (nSPS) is 23.0. The van der Waals surface area contributed by atoms with Gasteiger partial charge in [-0.25, -0.2) is 0 Å². The largest absolute Gasteiger partial charge is 0.352 e. The molecule has 1 spiro atoms. The lowest BCUT2D eigenvalue weighted by atomic mass is 9.64. The van der Waals surface area contributed by atoms with Gasteiger partial charge in [-0.1, -0.05) is 71.8 Å². The zero-order chi connectivity index (χ0) is 30.0. The maximum Gasteiger partial charge on any atom is 0.269 e. The molecule has 0 bridgehead atoms. The monoisotopic (exact) mass is 609 g/mol. The van der Waals surface area contributed by atoms with Gasteiger partial charge in [-0.2, -0.15) is 0 Å². The summed E-state index contributed by atoms with van der Waals surface area (Å²) in [7, 11) is 0. The third kappa shape index (κ3) is 3.87. The number of hydrogen-bond donors (Lipinski definition) is 1. The van der Waals surface area contributed by atoms with Crippen molar-refractivity contribution in [2.45, 2.75) is 17.5 Å². The van der Waals surface area contributed by atoms with Gasteiger partial charge < -0.3 is 10.2 Å². The number of amides is 1. The number of carbonyl (C=O) groups is 3. The van der Waals surface area contributed by atoms with Gasteiger partial charge in [0.25, 0.3) is 5.69 Å². The number of anilines is 2. The van der Waals surface area contributed by atoms with Gasteiger partial charge >= 0.3 is 0 Å². The molecule has 1 N–H and O–H groups in total. The Kier molecular flexibility index (Phi) is 6.23. The van der Waals surface area contributed by atoms with E-state index in [9.17, 15) is 24.5 Å². The van der Waals surface area contributed by atoms with E-state index < -0.39 is 45.8 Å². The fourth-order valence-electron chi connectivity index (χ4n) is 6.89. The van der Waals surface area contributed by atoms with E-state index >= 15 is 0 Å². The molecule has 4 aromatic rings. The zero-order valence-corrected chi connectivity index (χ0v) is 23.8. The van der Waals surface area contributed by atoms with Crippen molar-refractivity contribution in [3.63, 3.8) is 0 Å². The average molecular weight is 610 g/mol. The summed E-state index contributed by atoms with van der Waals surface area (Å²) >= 11 is 12.7. The number of carbonyl (C=O) groups excluding carboxylic acids is 3. The number of ketones is 2. The van der Waals surface area contributed by atoms with Gasteiger partial charge in [0.05, 0.1) is 21.9 Å². The van der Waals surface area contributed by atoms with Gasteiger partial charge in [0, 0.05) is 39.7 Å². The number of fused-ring (bicyclic) bond motifs is 6. The Morgan fingerprint density at radius 3 is 2.37 bits per heavy atom. The Morgan fingerprint density at radius 1 is 0.907 bits per heavy atom. The molecule has 0 radical (unpaired) electrons. The molecule has 4 atom stereocenters. The van der Waals surface area contributed by atoms with E-state index in [-0.39, 0.29) is 21.8 Å². The average Bonchev–Trinajstić information content (AvgIpc) is 3.49. The number of nitro groups is 1. The molecule has 1 amide bonds. The molecule has 1 fully saturated rings. The lowest BCUT2D eigenvalue weighted by Gasteiger charge is -2.37. The third-order valence-electron chi connectivity index (χ3n) is 8.65. The molecule has 3 aliphatic rings. The summed E-state index contributed by atoms with van der Waals surface area (Å²) in [6, 6.07) is 22.5. The Morgan fingerprint density at radius 2 is 1.63 bits per heavy atom. The second kappa shape index (κ2) is 9.90. The molecule has 43 heavy (non-hydrogen) atoms. The molecule has 0 aliphatic carbocycles. The van der Waals surface area contributed by atoms with E-state index in [2.05, 4.69) is 5.32 Å². The van der Waals surface area contributed by atoms with Crippen molar-refractivity contribution < 1.29 is 19.3 Å². The first kappa shape index (κ1) is 27.1. The topological polar surface area (TPSA) is 110 Å². The van der Waals surface area contributed by atoms with Crippen molar-refractivity contribution in [3.05, 3.63) is 139 Å². The van der Waals surface area contributed by atoms with E-state index in [1.807, 2.05) is 47.4 Å². The summed E-state index contributed by atoms with van der Waals surface area (Å²) in [6.45, 7) is 0. The summed E-state index contributed by atoms with van der Waals surface area (Å²) in [5, 5.41) is 14.7. The van der Waals surface area contributed by atoms with Crippen molar-refractivity contribution in [1.29, 1.82) is 0 Å². The van der Waals surface area contributed by atoms with Gasteiger partial charge in [0.2, 0.25) is 5.91 Å². The lowest BCUT2D eigenvalue weighted by Crippen LogP contribution is -2.51. The Bertz CT molecular complexity index is 1910. The fourth-order valence-corrected chi connectivity index (χ4v) is 7.40. The number of halogens is 2. The smallest absolute Gasteiger partial charge is 0.269 e. The van der Waals surface area contributed by atoms with Crippen LogP contribution in [0.25, 0.3) is 6.08 Å². The van der Waals surface area contributed by atoms with Crippen molar-refractivity contribution in [1.82, 2.24) is 0 Å². The minimum Gasteiger partial charge on any atom is -0.352 e. The molecule has 3 aliphatic heterocycles. The first-order valence-corrected chi connectivity index (χ1v) is 14.2. The number of benzene rings is 4. The lowest BCUT2D eigenvalue weighted by molar-refractivity contribution is -0.384. The maximum absolute atomic E-state index is 14.8. The molecule has 10 heteroatoms. The van der Waals surface area contributed by atoms with Crippen molar-refractivity contribution in [3.8, 4) is 0 Å². The Hall–Kier alpha value is -4.79. The number of nitrogens with zero attached hydrogens (tertiary/aromatic N) is 2. The predicted octanol–water partition coefficient (Wildman–Crippen LogP) is 6.76. The molecular weight excluding hydrogens is 589 g/mol. The van der Waals surface area contributed by atoms with Crippen LogP contribution in [0.4, 0.5) is 17.1 Å². The molecule has 4 aromatic carbocycles. The molecule has 0 aromatic heterocycles. The maximum atomic E-state index is 14.8. The van der Waals surface area contributed by atoms with E-state index in [1.165, 1.54) is 36.4 Å². The van der Waals surface area contributed by atoms with Crippen molar-refractivity contribution >= 4 is 63.8 Å². The number of nitrogens with one attached hydrogen (secondary N) is 1. The van der Waals surface area contributed by atoms with Crippen LogP contribution < -0.4 is 10.2 Å². The van der Waals surface area contributed by atoms with E-state index in [0.717, 1.165) is 5.56 Å². The first-order valence-electron chi connectivity index (χ1n) is 13.5. The highest BCUT2D eigenvalue weighted by Crippen LogP contribution is 2.58. The van der Waals surface area contributed by atoms with Crippen LogP contribution in [0.1, 0.15) is 31.8 Å². The molecule has 212 valence electrons. The first-order chi connectivity index (χ1) is 20.7. The number of hydrogen-bond acceptors (Lipinski definition) is 6. The van der Waals surface area contributed by atoms with Crippen LogP contribution in [-0.2, 0) is 10.2 Å². The zero-order valence-electron chi connectivity index (χ0n) is 22.2. The fraction of sp³-hybridized carbons (Fsp3) is 0.121. The molecule has 1 saturated heterocycles. The van der Waals surface area contributed by atoms with Crippen LogP contribution in [0.3, 0.4) is 0 Å².